The molecule has 0 heterocycles. The summed E-state index contributed by atoms with van der Waals surface area (Å²) in [5, 5.41) is 9.33. The third-order valence-corrected chi connectivity index (χ3v) is 3.13. The quantitative estimate of drug-likeness (QED) is 0.827. The van der Waals surface area contributed by atoms with Crippen LogP contribution in [-0.2, 0) is 6.18 Å². The van der Waals surface area contributed by atoms with Gasteiger partial charge >= 0.3 is 6.18 Å². The van der Waals surface area contributed by atoms with Crippen molar-refractivity contribution >= 4 is 0 Å². The smallest absolute Gasteiger partial charge is 0.393 e. The number of aliphatic hydroxyl groups excluding tert-OH is 1. The molecule has 16 heavy (non-hydrogen) atoms. The fourth-order valence-corrected chi connectivity index (χ4v) is 2.05. The van der Waals surface area contributed by atoms with Crippen molar-refractivity contribution in [3.05, 3.63) is 35.4 Å². The number of hydrogen-bond donors (Lipinski definition) is 1. The highest BCUT2D eigenvalue weighted by Gasteiger charge is 2.41. The Hall–Kier alpha value is -1.03. The summed E-state index contributed by atoms with van der Waals surface area (Å²) in [6.07, 6.45) is -3.79. The maximum atomic E-state index is 12.3. The van der Waals surface area contributed by atoms with Gasteiger partial charge in [-0.2, -0.15) is 13.2 Å². The Morgan fingerprint density at radius 3 is 2.19 bits per heavy atom. The van der Waals surface area contributed by atoms with E-state index in [0.717, 1.165) is 24.1 Å². The molecule has 1 nitrogen and oxygen atoms in total. The van der Waals surface area contributed by atoms with Gasteiger partial charge in [-0.05, 0) is 42.9 Å². The molecule has 1 fully saturated rings. The van der Waals surface area contributed by atoms with Gasteiger partial charge in [-0.3, -0.25) is 0 Å². The Morgan fingerprint density at radius 1 is 1.25 bits per heavy atom. The lowest BCUT2D eigenvalue weighted by atomic mass is 10.1. The molecule has 3 atom stereocenters. The first-order chi connectivity index (χ1) is 7.39. The van der Waals surface area contributed by atoms with Gasteiger partial charge in [-0.25, -0.2) is 0 Å². The Labute approximate surface area is 91.9 Å². The zero-order valence-electron chi connectivity index (χ0n) is 8.83. The summed E-state index contributed by atoms with van der Waals surface area (Å²) in [6, 6.07) is 5.23. The predicted molar refractivity (Wildman–Crippen MR) is 54.0 cm³/mol. The maximum absolute atomic E-state index is 12.3. The highest BCUT2D eigenvalue weighted by atomic mass is 19.4. The van der Waals surface area contributed by atoms with E-state index in [4.69, 9.17) is 0 Å². The number of hydrogen-bond acceptors (Lipinski definition) is 1. The van der Waals surface area contributed by atoms with Crippen LogP contribution in [0.25, 0.3) is 0 Å². The second-order valence-corrected chi connectivity index (χ2v) is 4.37. The Bertz CT molecular complexity index is 367. The second kappa shape index (κ2) is 3.77. The second-order valence-electron chi connectivity index (χ2n) is 4.37. The topological polar surface area (TPSA) is 20.2 Å². The molecule has 0 saturated heterocycles. The molecule has 1 aliphatic carbocycles. The van der Waals surface area contributed by atoms with Crippen molar-refractivity contribution in [2.24, 2.45) is 5.92 Å². The standard InChI is InChI=1S/C12H13F3O/c1-7(16)10-6-11(10)8-2-4-9(5-3-8)12(13,14)15/h2-5,7,10-11,16H,6H2,1H3/t7-,10-,11+/m0/s1. The number of alkyl halides is 3. The number of halogens is 3. The third kappa shape index (κ3) is 2.21. The van der Waals surface area contributed by atoms with Crippen molar-refractivity contribution in [3.8, 4) is 0 Å². The lowest BCUT2D eigenvalue weighted by Crippen LogP contribution is -2.05. The van der Waals surface area contributed by atoms with Gasteiger partial charge < -0.3 is 5.11 Å². The summed E-state index contributed by atoms with van der Waals surface area (Å²) in [4.78, 5) is 0. The molecule has 0 bridgehead atoms. The summed E-state index contributed by atoms with van der Waals surface area (Å²) in [6.45, 7) is 1.72. The molecule has 2 rings (SSSR count). The van der Waals surface area contributed by atoms with E-state index in [1.54, 1.807) is 6.92 Å². The molecule has 0 amide bonds. The van der Waals surface area contributed by atoms with Crippen LogP contribution in [0, 0.1) is 5.92 Å². The van der Waals surface area contributed by atoms with E-state index in [1.807, 2.05) is 0 Å². The number of aliphatic hydroxyl groups is 1. The first-order valence-electron chi connectivity index (χ1n) is 5.25. The molecule has 1 aliphatic rings. The van der Waals surface area contributed by atoms with Crippen LogP contribution < -0.4 is 0 Å². The summed E-state index contributed by atoms with van der Waals surface area (Å²) in [5.41, 5.74) is 0.268. The van der Waals surface area contributed by atoms with Crippen molar-refractivity contribution in [3.63, 3.8) is 0 Å². The van der Waals surface area contributed by atoms with Gasteiger partial charge in [0.1, 0.15) is 0 Å². The van der Waals surface area contributed by atoms with Gasteiger partial charge in [0.05, 0.1) is 11.7 Å². The SMILES string of the molecule is C[C@H](O)[C@@H]1C[C@@H]1c1ccc(C(F)(F)F)cc1. The molecule has 0 radical (unpaired) electrons. The monoisotopic (exact) mass is 230 g/mol. The third-order valence-electron chi connectivity index (χ3n) is 3.13. The molecule has 0 spiro atoms. The van der Waals surface area contributed by atoms with Crippen LogP contribution >= 0.6 is 0 Å². The van der Waals surface area contributed by atoms with Crippen LogP contribution in [-0.4, -0.2) is 11.2 Å². The zero-order chi connectivity index (χ0) is 11.9. The van der Waals surface area contributed by atoms with Crippen LogP contribution in [0.4, 0.5) is 13.2 Å². The summed E-state index contributed by atoms with van der Waals surface area (Å²) in [5.74, 6) is 0.430. The minimum absolute atomic E-state index is 0.205. The van der Waals surface area contributed by atoms with E-state index in [0.29, 0.717) is 0 Å². The molecule has 1 N–H and O–H groups in total. The highest BCUT2D eigenvalue weighted by Crippen LogP contribution is 2.49. The fourth-order valence-electron chi connectivity index (χ4n) is 2.05. The van der Waals surface area contributed by atoms with Gasteiger partial charge in [-0.1, -0.05) is 12.1 Å². The predicted octanol–water partition coefficient (Wildman–Crippen LogP) is 3.19. The van der Waals surface area contributed by atoms with Gasteiger partial charge in [0, 0.05) is 0 Å². The minimum atomic E-state index is -4.27. The lowest BCUT2D eigenvalue weighted by Gasteiger charge is -2.08. The van der Waals surface area contributed by atoms with E-state index in [1.165, 1.54) is 12.1 Å². The lowest BCUT2D eigenvalue weighted by molar-refractivity contribution is -0.137. The summed E-state index contributed by atoms with van der Waals surface area (Å²) >= 11 is 0. The minimum Gasteiger partial charge on any atom is -0.393 e. The van der Waals surface area contributed by atoms with Crippen LogP contribution in [0.5, 0.6) is 0 Å². The maximum Gasteiger partial charge on any atom is 0.416 e. The average Bonchev–Trinajstić information content (AvgIpc) is 2.96. The van der Waals surface area contributed by atoms with Gasteiger partial charge in [0.25, 0.3) is 0 Å². The Morgan fingerprint density at radius 2 is 1.81 bits per heavy atom. The van der Waals surface area contributed by atoms with Crippen LogP contribution in [0.1, 0.15) is 30.4 Å². The van der Waals surface area contributed by atoms with Gasteiger partial charge in [-0.15, -0.1) is 0 Å². The average molecular weight is 230 g/mol. The summed E-state index contributed by atoms with van der Waals surface area (Å²) < 4.78 is 36.9. The van der Waals surface area contributed by atoms with Crippen LogP contribution in [0.3, 0.4) is 0 Å². The normalized spacial score (nSPS) is 26.6. The van der Waals surface area contributed by atoms with E-state index >= 15 is 0 Å². The largest absolute Gasteiger partial charge is 0.416 e. The Kier molecular flexibility index (Phi) is 2.70. The molecule has 4 heteroatoms. The molecular weight excluding hydrogens is 217 g/mol. The van der Waals surface area contributed by atoms with E-state index in [-0.39, 0.29) is 17.9 Å². The first kappa shape index (κ1) is 11.5. The van der Waals surface area contributed by atoms with Gasteiger partial charge in [0.15, 0.2) is 0 Å². The molecular formula is C12H13F3O. The molecule has 1 aromatic rings. The molecule has 0 unspecified atom stereocenters. The fraction of sp³-hybridized carbons (Fsp3) is 0.500. The van der Waals surface area contributed by atoms with Crippen molar-refractivity contribution in [2.75, 3.05) is 0 Å². The van der Waals surface area contributed by atoms with Gasteiger partial charge in [0.2, 0.25) is 0 Å². The van der Waals surface area contributed by atoms with Crippen molar-refractivity contribution < 1.29 is 18.3 Å². The molecule has 1 aromatic carbocycles. The summed E-state index contributed by atoms with van der Waals surface area (Å²) in [7, 11) is 0. The molecule has 0 aliphatic heterocycles. The van der Waals surface area contributed by atoms with Crippen molar-refractivity contribution in [2.45, 2.75) is 31.5 Å². The van der Waals surface area contributed by atoms with Crippen LogP contribution in [0.2, 0.25) is 0 Å². The van der Waals surface area contributed by atoms with Crippen molar-refractivity contribution in [1.29, 1.82) is 0 Å². The van der Waals surface area contributed by atoms with Crippen LogP contribution in [0.15, 0.2) is 24.3 Å². The highest BCUT2D eigenvalue weighted by molar-refractivity contribution is 5.31. The first-order valence-corrected chi connectivity index (χ1v) is 5.25. The molecule has 1 saturated carbocycles. The molecule has 88 valence electrons. The zero-order valence-corrected chi connectivity index (χ0v) is 8.83. The Balaban J connectivity index is 2.10. The van der Waals surface area contributed by atoms with Crippen molar-refractivity contribution in [1.82, 2.24) is 0 Å². The van der Waals surface area contributed by atoms with E-state index in [2.05, 4.69) is 0 Å². The number of rotatable bonds is 2. The number of benzene rings is 1. The van der Waals surface area contributed by atoms with E-state index < -0.39 is 11.7 Å². The molecule has 0 aromatic heterocycles. The van der Waals surface area contributed by atoms with E-state index in [9.17, 15) is 18.3 Å².